The van der Waals surface area contributed by atoms with Crippen LogP contribution >= 0.6 is 11.6 Å². The van der Waals surface area contributed by atoms with Crippen molar-refractivity contribution in [2.75, 3.05) is 0 Å². The molecule has 0 amide bonds. The van der Waals surface area contributed by atoms with Gasteiger partial charge in [-0.1, -0.05) is 30.7 Å². The standard InChI is InChI=1S/C13H14ClNO/c1-2-12-11(6-7-16-12)13(15)9-4-3-5-10(14)8-9/h3-8,13H,2,15H2,1H3. The number of hydrogen-bond donors (Lipinski definition) is 1. The molecule has 0 radical (unpaired) electrons. The highest BCUT2D eigenvalue weighted by Gasteiger charge is 2.14. The summed E-state index contributed by atoms with van der Waals surface area (Å²) in [6.45, 7) is 2.05. The zero-order valence-corrected chi connectivity index (χ0v) is 9.87. The van der Waals surface area contributed by atoms with Crippen LogP contribution in [-0.4, -0.2) is 0 Å². The van der Waals surface area contributed by atoms with Gasteiger partial charge in [0.05, 0.1) is 12.3 Å². The summed E-state index contributed by atoms with van der Waals surface area (Å²) in [5.74, 6) is 0.937. The van der Waals surface area contributed by atoms with Crippen LogP contribution in [0.4, 0.5) is 0 Å². The summed E-state index contributed by atoms with van der Waals surface area (Å²) in [6.07, 6.45) is 2.52. The third-order valence-electron chi connectivity index (χ3n) is 2.64. The van der Waals surface area contributed by atoms with Crippen molar-refractivity contribution >= 4 is 11.6 Å². The molecule has 84 valence electrons. The Kier molecular flexibility index (Phi) is 3.32. The smallest absolute Gasteiger partial charge is 0.108 e. The molecule has 1 atom stereocenters. The van der Waals surface area contributed by atoms with Gasteiger partial charge < -0.3 is 10.2 Å². The second kappa shape index (κ2) is 4.73. The molecule has 16 heavy (non-hydrogen) atoms. The van der Waals surface area contributed by atoms with Crippen molar-refractivity contribution in [3.05, 3.63) is 58.5 Å². The molecule has 0 aliphatic carbocycles. The Balaban J connectivity index is 2.35. The summed E-state index contributed by atoms with van der Waals surface area (Å²) in [5, 5.41) is 0.703. The Morgan fingerprint density at radius 3 is 2.88 bits per heavy atom. The third kappa shape index (κ3) is 2.13. The van der Waals surface area contributed by atoms with Crippen LogP contribution in [0.1, 0.15) is 29.9 Å². The predicted molar refractivity (Wildman–Crippen MR) is 65.6 cm³/mol. The second-order valence-corrected chi connectivity index (χ2v) is 4.12. The number of rotatable bonds is 3. The molecular formula is C13H14ClNO. The first-order valence-corrected chi connectivity index (χ1v) is 5.67. The molecule has 3 heteroatoms. The average Bonchev–Trinajstić information content (AvgIpc) is 2.76. The number of hydrogen-bond acceptors (Lipinski definition) is 2. The largest absolute Gasteiger partial charge is 0.469 e. The van der Waals surface area contributed by atoms with Gasteiger partial charge in [0.15, 0.2) is 0 Å². The van der Waals surface area contributed by atoms with E-state index in [1.165, 1.54) is 0 Å². The number of aryl methyl sites for hydroxylation is 1. The maximum Gasteiger partial charge on any atom is 0.108 e. The lowest BCUT2D eigenvalue weighted by molar-refractivity contribution is 0.509. The highest BCUT2D eigenvalue weighted by molar-refractivity contribution is 6.30. The minimum atomic E-state index is -0.174. The van der Waals surface area contributed by atoms with E-state index in [4.69, 9.17) is 21.8 Å². The van der Waals surface area contributed by atoms with Crippen LogP contribution in [0.3, 0.4) is 0 Å². The maximum absolute atomic E-state index is 6.19. The first kappa shape index (κ1) is 11.2. The first-order valence-electron chi connectivity index (χ1n) is 5.29. The van der Waals surface area contributed by atoms with Gasteiger partial charge in [-0.15, -0.1) is 0 Å². The fraction of sp³-hybridized carbons (Fsp3) is 0.231. The molecule has 1 unspecified atom stereocenters. The lowest BCUT2D eigenvalue weighted by Gasteiger charge is -2.12. The molecule has 2 rings (SSSR count). The maximum atomic E-state index is 6.19. The van der Waals surface area contributed by atoms with Crippen LogP contribution in [0.2, 0.25) is 5.02 Å². The zero-order valence-electron chi connectivity index (χ0n) is 9.11. The Hall–Kier alpha value is -1.25. The summed E-state index contributed by atoms with van der Waals surface area (Å²) in [4.78, 5) is 0. The molecule has 2 aromatic rings. The van der Waals surface area contributed by atoms with Crippen LogP contribution in [0.5, 0.6) is 0 Å². The third-order valence-corrected chi connectivity index (χ3v) is 2.88. The Morgan fingerprint density at radius 1 is 1.38 bits per heavy atom. The summed E-state index contributed by atoms with van der Waals surface area (Å²) in [6, 6.07) is 9.36. The van der Waals surface area contributed by atoms with E-state index in [0.717, 1.165) is 23.3 Å². The van der Waals surface area contributed by atoms with Crippen molar-refractivity contribution in [1.29, 1.82) is 0 Å². The van der Waals surface area contributed by atoms with Gasteiger partial charge in [-0.2, -0.15) is 0 Å². The fourth-order valence-corrected chi connectivity index (χ4v) is 1.99. The van der Waals surface area contributed by atoms with Gasteiger partial charge in [-0.05, 0) is 23.8 Å². The van der Waals surface area contributed by atoms with Gasteiger partial charge in [0.2, 0.25) is 0 Å². The van der Waals surface area contributed by atoms with Gasteiger partial charge in [0.25, 0.3) is 0 Å². The van der Waals surface area contributed by atoms with Crippen molar-refractivity contribution < 1.29 is 4.42 Å². The summed E-state index contributed by atoms with van der Waals surface area (Å²) < 4.78 is 5.37. The van der Waals surface area contributed by atoms with Gasteiger partial charge >= 0.3 is 0 Å². The molecule has 1 heterocycles. The molecule has 1 aromatic carbocycles. The highest BCUT2D eigenvalue weighted by Crippen LogP contribution is 2.25. The monoisotopic (exact) mass is 235 g/mol. The van der Waals surface area contributed by atoms with Crippen molar-refractivity contribution in [3.63, 3.8) is 0 Å². The van der Waals surface area contributed by atoms with Crippen LogP contribution in [0.15, 0.2) is 41.0 Å². The second-order valence-electron chi connectivity index (χ2n) is 3.69. The molecule has 2 nitrogen and oxygen atoms in total. The SMILES string of the molecule is CCc1occc1C(N)c1cccc(Cl)c1. The minimum absolute atomic E-state index is 0.174. The normalized spacial score (nSPS) is 12.7. The summed E-state index contributed by atoms with van der Waals surface area (Å²) >= 11 is 5.94. The van der Waals surface area contributed by atoms with E-state index in [1.807, 2.05) is 37.3 Å². The van der Waals surface area contributed by atoms with E-state index < -0.39 is 0 Å². The topological polar surface area (TPSA) is 39.2 Å². The number of nitrogens with two attached hydrogens (primary N) is 1. The zero-order chi connectivity index (χ0) is 11.5. The molecule has 0 saturated carbocycles. The van der Waals surface area contributed by atoms with Gasteiger partial charge in [0, 0.05) is 17.0 Å². The Labute approximate surface area is 100 Å². The molecule has 0 spiro atoms. The van der Waals surface area contributed by atoms with Crippen LogP contribution < -0.4 is 5.73 Å². The van der Waals surface area contributed by atoms with E-state index in [0.29, 0.717) is 5.02 Å². The van der Waals surface area contributed by atoms with E-state index in [1.54, 1.807) is 6.26 Å². The average molecular weight is 236 g/mol. The molecule has 0 fully saturated rings. The van der Waals surface area contributed by atoms with Crippen LogP contribution in [0.25, 0.3) is 0 Å². The molecule has 2 N–H and O–H groups in total. The van der Waals surface area contributed by atoms with Gasteiger partial charge in [-0.25, -0.2) is 0 Å². The van der Waals surface area contributed by atoms with Crippen molar-refractivity contribution in [1.82, 2.24) is 0 Å². The predicted octanol–water partition coefficient (Wildman–Crippen LogP) is 3.54. The molecule has 0 saturated heterocycles. The highest BCUT2D eigenvalue weighted by atomic mass is 35.5. The summed E-state index contributed by atoms with van der Waals surface area (Å²) in [5.41, 5.74) is 8.22. The molecule has 0 aliphatic heterocycles. The Morgan fingerprint density at radius 2 is 2.19 bits per heavy atom. The van der Waals surface area contributed by atoms with E-state index >= 15 is 0 Å². The molecular weight excluding hydrogens is 222 g/mol. The van der Waals surface area contributed by atoms with E-state index in [9.17, 15) is 0 Å². The minimum Gasteiger partial charge on any atom is -0.469 e. The lowest BCUT2D eigenvalue weighted by atomic mass is 9.99. The lowest BCUT2D eigenvalue weighted by Crippen LogP contribution is -2.12. The molecule has 1 aromatic heterocycles. The van der Waals surface area contributed by atoms with Crippen LogP contribution in [0, 0.1) is 0 Å². The molecule has 0 bridgehead atoms. The van der Waals surface area contributed by atoms with E-state index in [-0.39, 0.29) is 6.04 Å². The van der Waals surface area contributed by atoms with Crippen LogP contribution in [-0.2, 0) is 6.42 Å². The Bertz CT molecular complexity index is 478. The first-order chi connectivity index (χ1) is 7.72. The number of benzene rings is 1. The fourth-order valence-electron chi connectivity index (χ4n) is 1.79. The number of furan rings is 1. The van der Waals surface area contributed by atoms with E-state index in [2.05, 4.69) is 0 Å². The quantitative estimate of drug-likeness (QED) is 0.884. The molecule has 0 aliphatic rings. The van der Waals surface area contributed by atoms with Gasteiger partial charge in [-0.3, -0.25) is 0 Å². The van der Waals surface area contributed by atoms with Crippen molar-refractivity contribution in [2.24, 2.45) is 5.73 Å². The van der Waals surface area contributed by atoms with Gasteiger partial charge in [0.1, 0.15) is 5.76 Å². The van der Waals surface area contributed by atoms with Crippen molar-refractivity contribution in [3.8, 4) is 0 Å². The summed E-state index contributed by atoms with van der Waals surface area (Å²) in [7, 11) is 0. The van der Waals surface area contributed by atoms with Crippen molar-refractivity contribution in [2.45, 2.75) is 19.4 Å². The number of halogens is 1.